The minimum Gasteiger partial charge on any atom is -0.330 e. The second-order valence-corrected chi connectivity index (χ2v) is 3.80. The van der Waals surface area contributed by atoms with Crippen molar-refractivity contribution in [1.82, 2.24) is 9.97 Å². The molecule has 3 heteroatoms. The molecule has 0 unspecified atom stereocenters. The van der Waals surface area contributed by atoms with Gasteiger partial charge in [0, 0.05) is 11.8 Å². The average molecular weight is 213 g/mol. The van der Waals surface area contributed by atoms with Crippen molar-refractivity contribution in [3.8, 4) is 11.3 Å². The summed E-state index contributed by atoms with van der Waals surface area (Å²) in [4.78, 5) is 8.37. The second kappa shape index (κ2) is 4.86. The maximum atomic E-state index is 5.58. The first-order valence-corrected chi connectivity index (χ1v) is 5.37. The third kappa shape index (κ3) is 2.25. The molecule has 1 aromatic heterocycles. The van der Waals surface area contributed by atoms with Crippen LogP contribution in [0.25, 0.3) is 11.3 Å². The van der Waals surface area contributed by atoms with Crippen LogP contribution in [0.15, 0.2) is 36.8 Å². The Kier molecular flexibility index (Phi) is 3.27. The molecule has 1 aromatic carbocycles. The molecule has 0 amide bonds. The monoisotopic (exact) mass is 213 g/mol. The Bertz CT molecular complexity index is 463. The molecular formula is C13H15N3. The van der Waals surface area contributed by atoms with Gasteiger partial charge >= 0.3 is 0 Å². The molecule has 0 radical (unpaired) electrons. The topological polar surface area (TPSA) is 51.8 Å². The van der Waals surface area contributed by atoms with Crippen molar-refractivity contribution in [2.45, 2.75) is 13.3 Å². The van der Waals surface area contributed by atoms with Crippen LogP contribution in [0.4, 0.5) is 0 Å². The van der Waals surface area contributed by atoms with Gasteiger partial charge in [0.15, 0.2) is 0 Å². The maximum absolute atomic E-state index is 5.58. The molecule has 16 heavy (non-hydrogen) atoms. The van der Waals surface area contributed by atoms with Gasteiger partial charge in [0.25, 0.3) is 0 Å². The third-order valence-electron chi connectivity index (χ3n) is 2.53. The Morgan fingerprint density at radius 2 is 1.94 bits per heavy atom. The summed E-state index contributed by atoms with van der Waals surface area (Å²) in [6.07, 6.45) is 4.23. The van der Waals surface area contributed by atoms with Crippen molar-refractivity contribution in [1.29, 1.82) is 0 Å². The molecular weight excluding hydrogens is 198 g/mol. The minimum atomic E-state index is 0.617. The van der Waals surface area contributed by atoms with E-state index in [-0.39, 0.29) is 0 Å². The van der Waals surface area contributed by atoms with Crippen molar-refractivity contribution < 1.29 is 0 Å². The van der Waals surface area contributed by atoms with E-state index in [1.807, 2.05) is 6.20 Å². The largest absolute Gasteiger partial charge is 0.330 e. The highest BCUT2D eigenvalue weighted by molar-refractivity contribution is 5.62. The lowest BCUT2D eigenvalue weighted by Crippen LogP contribution is -2.05. The summed E-state index contributed by atoms with van der Waals surface area (Å²) < 4.78 is 0. The van der Waals surface area contributed by atoms with Gasteiger partial charge in [-0.1, -0.05) is 29.8 Å². The molecule has 2 N–H and O–H groups in total. The molecule has 2 aromatic rings. The van der Waals surface area contributed by atoms with Gasteiger partial charge in [-0.25, -0.2) is 9.97 Å². The first-order chi connectivity index (χ1) is 7.81. The SMILES string of the molecule is Cc1ccc(-c2ncncc2CCN)cc1. The molecule has 1 heterocycles. The van der Waals surface area contributed by atoms with Crippen LogP contribution in [0.3, 0.4) is 0 Å². The van der Waals surface area contributed by atoms with Gasteiger partial charge in [-0.05, 0) is 25.5 Å². The normalized spacial score (nSPS) is 10.4. The lowest BCUT2D eigenvalue weighted by atomic mass is 10.0. The molecule has 0 saturated carbocycles. The molecule has 0 aliphatic carbocycles. The van der Waals surface area contributed by atoms with Crippen molar-refractivity contribution in [3.63, 3.8) is 0 Å². The van der Waals surface area contributed by atoms with Crippen LogP contribution in [-0.2, 0) is 6.42 Å². The second-order valence-electron chi connectivity index (χ2n) is 3.80. The molecule has 0 saturated heterocycles. The molecule has 2 rings (SSSR count). The molecule has 0 atom stereocenters. The Morgan fingerprint density at radius 1 is 1.19 bits per heavy atom. The van der Waals surface area contributed by atoms with E-state index in [0.717, 1.165) is 23.2 Å². The molecule has 82 valence electrons. The molecule has 0 fully saturated rings. The highest BCUT2D eigenvalue weighted by atomic mass is 14.8. The Labute approximate surface area is 95.4 Å². The van der Waals surface area contributed by atoms with Gasteiger partial charge in [0.05, 0.1) is 5.69 Å². The zero-order valence-corrected chi connectivity index (χ0v) is 9.35. The lowest BCUT2D eigenvalue weighted by molar-refractivity contribution is 0.944. The number of aryl methyl sites for hydroxylation is 1. The quantitative estimate of drug-likeness (QED) is 0.847. The van der Waals surface area contributed by atoms with Crippen LogP contribution in [0.5, 0.6) is 0 Å². The number of aromatic nitrogens is 2. The van der Waals surface area contributed by atoms with E-state index in [1.54, 1.807) is 6.33 Å². The van der Waals surface area contributed by atoms with Gasteiger partial charge in [0.2, 0.25) is 0 Å². The van der Waals surface area contributed by atoms with E-state index >= 15 is 0 Å². The van der Waals surface area contributed by atoms with E-state index in [2.05, 4.69) is 41.2 Å². The number of hydrogen-bond acceptors (Lipinski definition) is 3. The maximum Gasteiger partial charge on any atom is 0.116 e. The van der Waals surface area contributed by atoms with Gasteiger partial charge < -0.3 is 5.73 Å². The van der Waals surface area contributed by atoms with Gasteiger partial charge in [-0.2, -0.15) is 0 Å². The van der Waals surface area contributed by atoms with Crippen LogP contribution in [0, 0.1) is 6.92 Å². The summed E-state index contributed by atoms with van der Waals surface area (Å²) in [5.41, 5.74) is 10.0. The summed E-state index contributed by atoms with van der Waals surface area (Å²) in [6, 6.07) is 8.34. The standard InChI is InChI=1S/C13H15N3/c1-10-2-4-11(5-3-10)13-12(6-7-14)8-15-9-16-13/h2-5,8-9H,6-7,14H2,1H3. The fraction of sp³-hybridized carbons (Fsp3) is 0.231. The number of nitrogens with two attached hydrogens (primary N) is 1. The zero-order valence-electron chi connectivity index (χ0n) is 9.35. The van der Waals surface area contributed by atoms with Gasteiger partial charge in [-0.3, -0.25) is 0 Å². The third-order valence-corrected chi connectivity index (χ3v) is 2.53. The molecule has 0 aliphatic heterocycles. The summed E-state index contributed by atoms with van der Waals surface area (Å²) in [7, 11) is 0. The average Bonchev–Trinajstić information content (AvgIpc) is 2.32. The van der Waals surface area contributed by atoms with Crippen molar-refractivity contribution in [3.05, 3.63) is 47.9 Å². The number of rotatable bonds is 3. The van der Waals surface area contributed by atoms with E-state index < -0.39 is 0 Å². The van der Waals surface area contributed by atoms with E-state index in [0.29, 0.717) is 6.54 Å². The predicted octanol–water partition coefficient (Wildman–Crippen LogP) is 1.95. The number of benzene rings is 1. The van der Waals surface area contributed by atoms with Crippen molar-refractivity contribution >= 4 is 0 Å². The molecule has 0 aliphatic rings. The van der Waals surface area contributed by atoms with Gasteiger partial charge in [0.1, 0.15) is 6.33 Å². The van der Waals surface area contributed by atoms with Crippen molar-refractivity contribution in [2.24, 2.45) is 5.73 Å². The lowest BCUT2D eigenvalue weighted by Gasteiger charge is -2.06. The van der Waals surface area contributed by atoms with Crippen LogP contribution >= 0.6 is 0 Å². The fourth-order valence-corrected chi connectivity index (χ4v) is 1.67. The van der Waals surface area contributed by atoms with Crippen LogP contribution in [-0.4, -0.2) is 16.5 Å². The number of nitrogens with zero attached hydrogens (tertiary/aromatic N) is 2. The fourth-order valence-electron chi connectivity index (χ4n) is 1.67. The Balaban J connectivity index is 2.42. The summed E-state index contributed by atoms with van der Waals surface area (Å²) in [6.45, 7) is 2.69. The highest BCUT2D eigenvalue weighted by Crippen LogP contribution is 2.20. The summed E-state index contributed by atoms with van der Waals surface area (Å²) in [5.74, 6) is 0. The molecule has 0 spiro atoms. The van der Waals surface area contributed by atoms with Crippen molar-refractivity contribution in [2.75, 3.05) is 6.54 Å². The van der Waals surface area contributed by atoms with Crippen LogP contribution in [0.1, 0.15) is 11.1 Å². The van der Waals surface area contributed by atoms with Crippen LogP contribution < -0.4 is 5.73 Å². The Hall–Kier alpha value is -1.74. The van der Waals surface area contributed by atoms with E-state index in [4.69, 9.17) is 5.73 Å². The number of hydrogen-bond donors (Lipinski definition) is 1. The smallest absolute Gasteiger partial charge is 0.116 e. The highest BCUT2D eigenvalue weighted by Gasteiger charge is 2.05. The molecule has 3 nitrogen and oxygen atoms in total. The van der Waals surface area contributed by atoms with Gasteiger partial charge in [-0.15, -0.1) is 0 Å². The first kappa shape index (κ1) is 10.8. The predicted molar refractivity (Wildman–Crippen MR) is 65.0 cm³/mol. The van der Waals surface area contributed by atoms with E-state index in [1.165, 1.54) is 5.56 Å². The Morgan fingerprint density at radius 3 is 2.62 bits per heavy atom. The molecule has 0 bridgehead atoms. The zero-order chi connectivity index (χ0) is 11.4. The summed E-state index contributed by atoms with van der Waals surface area (Å²) in [5, 5.41) is 0. The van der Waals surface area contributed by atoms with E-state index in [9.17, 15) is 0 Å². The first-order valence-electron chi connectivity index (χ1n) is 5.37. The van der Waals surface area contributed by atoms with Crippen LogP contribution in [0.2, 0.25) is 0 Å². The summed E-state index contributed by atoms with van der Waals surface area (Å²) >= 11 is 0. The minimum absolute atomic E-state index is 0.617.